The molecule has 0 radical (unpaired) electrons. The van der Waals surface area contributed by atoms with Crippen LogP contribution in [0.3, 0.4) is 0 Å². The Kier molecular flexibility index (Phi) is 7.75. The number of hydrogen-bond donors (Lipinski definition) is 0. The SMILES string of the molecule is c1cc(-c2ccc(N(c3ccc(-c4cc5ccccc5c5ccccc45)cc3)c3cccc4sc5ccccc5c34)cc2)cc(-c2cccc3ccccc23)c1. The van der Waals surface area contributed by atoms with Gasteiger partial charge in [-0.1, -0.05) is 158 Å². The largest absolute Gasteiger partial charge is 0.310 e. The van der Waals surface area contributed by atoms with Gasteiger partial charge in [-0.15, -0.1) is 11.3 Å². The number of benzene rings is 10. The maximum Gasteiger partial charge on any atom is 0.0554 e. The molecule has 1 nitrogen and oxygen atoms in total. The normalized spacial score (nSPS) is 11.6. The van der Waals surface area contributed by atoms with Crippen molar-refractivity contribution in [3.05, 3.63) is 212 Å². The van der Waals surface area contributed by atoms with Crippen LogP contribution < -0.4 is 4.90 Å². The quantitative estimate of drug-likeness (QED) is 0.154. The molecule has 0 spiro atoms. The Labute approximate surface area is 330 Å². The molecule has 0 amide bonds. The van der Waals surface area contributed by atoms with E-state index in [1.165, 1.54) is 91.6 Å². The Balaban J connectivity index is 1.03. The third-order valence-electron chi connectivity index (χ3n) is 11.2. The fraction of sp³-hybridized carbons (Fsp3) is 0. The summed E-state index contributed by atoms with van der Waals surface area (Å²) in [7, 11) is 0. The Morgan fingerprint density at radius 1 is 0.304 bits per heavy atom. The summed E-state index contributed by atoms with van der Waals surface area (Å²) in [5.74, 6) is 0. The van der Waals surface area contributed by atoms with E-state index in [9.17, 15) is 0 Å². The fourth-order valence-corrected chi connectivity index (χ4v) is 9.73. The zero-order valence-corrected chi connectivity index (χ0v) is 31.4. The Morgan fingerprint density at radius 2 is 0.875 bits per heavy atom. The maximum atomic E-state index is 2.43. The second-order valence-corrected chi connectivity index (χ2v) is 15.6. The molecule has 0 N–H and O–H groups in total. The third-order valence-corrected chi connectivity index (χ3v) is 12.4. The fourth-order valence-electron chi connectivity index (χ4n) is 8.60. The minimum absolute atomic E-state index is 1.12. The van der Waals surface area contributed by atoms with Gasteiger partial charge in [-0.2, -0.15) is 0 Å². The number of hydrogen-bond acceptors (Lipinski definition) is 2. The molecule has 0 unspecified atom stereocenters. The van der Waals surface area contributed by atoms with Crippen LogP contribution in [0.2, 0.25) is 0 Å². The first kappa shape index (κ1) is 32.4. The Hall–Kier alpha value is -7.00. The van der Waals surface area contributed by atoms with Gasteiger partial charge in [0.25, 0.3) is 0 Å². The van der Waals surface area contributed by atoms with Gasteiger partial charge < -0.3 is 4.90 Å². The van der Waals surface area contributed by atoms with Crippen molar-refractivity contribution >= 4 is 80.9 Å². The molecule has 0 aliphatic carbocycles. The molecule has 56 heavy (non-hydrogen) atoms. The van der Waals surface area contributed by atoms with Crippen molar-refractivity contribution in [2.75, 3.05) is 4.90 Å². The molecule has 10 aromatic carbocycles. The van der Waals surface area contributed by atoms with Crippen molar-refractivity contribution in [1.29, 1.82) is 0 Å². The monoisotopic (exact) mass is 729 g/mol. The summed E-state index contributed by atoms with van der Waals surface area (Å²) in [6.07, 6.45) is 0. The summed E-state index contributed by atoms with van der Waals surface area (Å²) in [6, 6.07) is 77.7. The van der Waals surface area contributed by atoms with Crippen LogP contribution in [0.25, 0.3) is 85.9 Å². The summed E-state index contributed by atoms with van der Waals surface area (Å²) < 4.78 is 2.59. The van der Waals surface area contributed by atoms with E-state index < -0.39 is 0 Å². The Morgan fingerprint density at radius 3 is 1.68 bits per heavy atom. The van der Waals surface area contributed by atoms with Crippen LogP contribution in [0.4, 0.5) is 17.1 Å². The number of nitrogens with zero attached hydrogens (tertiary/aromatic N) is 1. The molecule has 0 aliphatic rings. The van der Waals surface area contributed by atoms with Gasteiger partial charge in [-0.05, 0) is 120 Å². The molecule has 1 aromatic heterocycles. The van der Waals surface area contributed by atoms with Gasteiger partial charge in [0, 0.05) is 31.5 Å². The molecule has 0 atom stereocenters. The lowest BCUT2D eigenvalue weighted by Gasteiger charge is -2.27. The third kappa shape index (κ3) is 5.46. The molecule has 1 heterocycles. The molecular formula is C54H35NS. The highest BCUT2D eigenvalue weighted by Crippen LogP contribution is 2.46. The summed E-state index contributed by atoms with van der Waals surface area (Å²) >= 11 is 1.86. The highest BCUT2D eigenvalue weighted by atomic mass is 32.1. The van der Waals surface area contributed by atoms with Crippen LogP contribution in [0, 0.1) is 0 Å². The van der Waals surface area contributed by atoms with E-state index in [2.05, 4.69) is 217 Å². The van der Waals surface area contributed by atoms with Gasteiger partial charge in [-0.3, -0.25) is 0 Å². The van der Waals surface area contributed by atoms with E-state index in [1.54, 1.807) is 0 Å². The van der Waals surface area contributed by atoms with Crippen molar-refractivity contribution < 1.29 is 0 Å². The van der Waals surface area contributed by atoms with E-state index in [4.69, 9.17) is 0 Å². The van der Waals surface area contributed by atoms with E-state index in [-0.39, 0.29) is 0 Å². The van der Waals surface area contributed by atoms with E-state index in [0.29, 0.717) is 0 Å². The number of anilines is 3. The number of fused-ring (bicyclic) bond motifs is 7. The zero-order valence-electron chi connectivity index (χ0n) is 30.6. The molecule has 0 saturated carbocycles. The highest BCUT2D eigenvalue weighted by Gasteiger charge is 2.19. The second kappa shape index (κ2) is 13.4. The van der Waals surface area contributed by atoms with Gasteiger partial charge in [0.05, 0.1) is 5.69 Å². The standard InChI is InChI=1S/C54H35NS/c1-3-17-44-37(12-1)14-10-22-45(44)40-16-9-15-39(34-40)36-26-30-42(31-27-36)55(51-23-11-25-53-54(51)49-21-7-8-24-52(49)56-53)43-32-28-38(29-33-43)50-35-41-13-2-4-18-46(41)47-19-5-6-20-48(47)50/h1-35H. The van der Waals surface area contributed by atoms with E-state index in [1.807, 2.05) is 11.3 Å². The zero-order chi connectivity index (χ0) is 37.0. The molecule has 0 saturated heterocycles. The van der Waals surface area contributed by atoms with Crippen LogP contribution in [-0.4, -0.2) is 0 Å². The average molecular weight is 730 g/mol. The first-order valence-corrected chi connectivity index (χ1v) is 20.0. The van der Waals surface area contributed by atoms with Crippen LogP contribution in [0.15, 0.2) is 212 Å². The first-order chi connectivity index (χ1) is 27.8. The van der Waals surface area contributed by atoms with Crippen LogP contribution in [0.5, 0.6) is 0 Å². The average Bonchev–Trinajstić information content (AvgIpc) is 3.66. The molecule has 0 fully saturated rings. The van der Waals surface area contributed by atoms with Crippen LogP contribution >= 0.6 is 11.3 Å². The Bertz CT molecular complexity index is 3240. The molecule has 262 valence electrons. The van der Waals surface area contributed by atoms with Crippen molar-refractivity contribution in [3.63, 3.8) is 0 Å². The first-order valence-electron chi connectivity index (χ1n) is 19.2. The van der Waals surface area contributed by atoms with Crippen molar-refractivity contribution in [2.24, 2.45) is 0 Å². The predicted octanol–water partition coefficient (Wildman–Crippen LogP) is 16.0. The van der Waals surface area contributed by atoms with Gasteiger partial charge in [0.15, 0.2) is 0 Å². The topological polar surface area (TPSA) is 3.24 Å². The van der Waals surface area contributed by atoms with Crippen LogP contribution in [0.1, 0.15) is 0 Å². The minimum Gasteiger partial charge on any atom is -0.310 e. The van der Waals surface area contributed by atoms with E-state index in [0.717, 1.165) is 11.4 Å². The van der Waals surface area contributed by atoms with Crippen molar-refractivity contribution in [1.82, 2.24) is 0 Å². The minimum atomic E-state index is 1.12. The smallest absolute Gasteiger partial charge is 0.0554 e. The van der Waals surface area contributed by atoms with Crippen molar-refractivity contribution in [2.45, 2.75) is 0 Å². The lowest BCUT2D eigenvalue weighted by atomic mass is 9.93. The number of rotatable bonds is 6. The van der Waals surface area contributed by atoms with Gasteiger partial charge >= 0.3 is 0 Å². The second-order valence-electron chi connectivity index (χ2n) is 14.5. The van der Waals surface area contributed by atoms with Crippen molar-refractivity contribution in [3.8, 4) is 33.4 Å². The highest BCUT2D eigenvalue weighted by molar-refractivity contribution is 7.26. The summed E-state index contributed by atoms with van der Waals surface area (Å²) in [5, 5.41) is 10.2. The molecule has 2 heteroatoms. The lowest BCUT2D eigenvalue weighted by Crippen LogP contribution is -2.10. The summed E-state index contributed by atoms with van der Waals surface area (Å²) in [6.45, 7) is 0. The van der Waals surface area contributed by atoms with Gasteiger partial charge in [0.2, 0.25) is 0 Å². The predicted molar refractivity (Wildman–Crippen MR) is 243 cm³/mol. The lowest BCUT2D eigenvalue weighted by molar-refractivity contribution is 1.30. The molecule has 0 bridgehead atoms. The summed E-state index contributed by atoms with van der Waals surface area (Å²) in [5.41, 5.74) is 10.7. The van der Waals surface area contributed by atoms with Gasteiger partial charge in [-0.25, -0.2) is 0 Å². The van der Waals surface area contributed by atoms with Gasteiger partial charge in [0.1, 0.15) is 0 Å². The van der Waals surface area contributed by atoms with E-state index >= 15 is 0 Å². The molecule has 11 aromatic rings. The van der Waals surface area contributed by atoms with Crippen LogP contribution in [-0.2, 0) is 0 Å². The number of thiophene rings is 1. The molecule has 0 aliphatic heterocycles. The molecule has 11 rings (SSSR count). The maximum absolute atomic E-state index is 2.43. The molecular weight excluding hydrogens is 695 g/mol. The summed E-state index contributed by atoms with van der Waals surface area (Å²) in [4.78, 5) is 2.43.